The van der Waals surface area contributed by atoms with Gasteiger partial charge in [0.2, 0.25) is 0 Å². The Kier molecular flexibility index (Phi) is 11.0. The first-order chi connectivity index (χ1) is 32.7. The van der Waals surface area contributed by atoms with E-state index in [1.54, 1.807) is 0 Å². The van der Waals surface area contributed by atoms with Crippen LogP contribution in [0.5, 0.6) is 0 Å². The van der Waals surface area contributed by atoms with Gasteiger partial charge in [0.15, 0.2) is 0 Å². The topological polar surface area (TPSA) is 25.8 Å². The Bertz CT molecular complexity index is 3070. The first-order valence-electron chi connectivity index (χ1n) is 22.5. The van der Waals surface area contributed by atoms with Crippen LogP contribution in [-0.2, 0) is 0 Å². The molecule has 2 heteroatoms. The van der Waals surface area contributed by atoms with E-state index in [2.05, 4.69) is 249 Å². The molecule has 0 amide bonds. The van der Waals surface area contributed by atoms with Crippen LogP contribution in [0.25, 0.3) is 112 Å². The van der Waals surface area contributed by atoms with Crippen LogP contribution in [0.1, 0.15) is 0 Å². The van der Waals surface area contributed by atoms with Crippen molar-refractivity contribution in [2.45, 2.75) is 0 Å². The lowest BCUT2D eigenvalue weighted by molar-refractivity contribution is 1.32. The zero-order valence-corrected chi connectivity index (χ0v) is 36.3. The standard InChI is InChI=1S/C64H44N2/c1-5-16-45(17-6-1)59-41-61(49-18-7-2-8-19-49)66-64(42-59)52-36-34-47(35-37-52)54-25-14-27-56(39-54)58-29-15-28-57(40-58)55-26-13-24-53(38-55)46-30-32-48(33-31-46)60-43-62(50-20-9-3-10-21-50)65-63(44-60)51-22-11-4-12-23-51/h1-44H. The maximum absolute atomic E-state index is 5.15. The molecule has 0 saturated heterocycles. The molecule has 0 N–H and O–H groups in total. The van der Waals surface area contributed by atoms with Crippen LogP contribution in [-0.4, -0.2) is 9.97 Å². The fourth-order valence-corrected chi connectivity index (χ4v) is 8.77. The molecule has 310 valence electrons. The summed E-state index contributed by atoms with van der Waals surface area (Å²) in [5.41, 5.74) is 22.2. The van der Waals surface area contributed by atoms with Gasteiger partial charge in [-0.2, -0.15) is 0 Å². The molecule has 2 nitrogen and oxygen atoms in total. The lowest BCUT2D eigenvalue weighted by Gasteiger charge is -2.12. The SMILES string of the molecule is c1ccc(-c2cc(-c3ccccc3)nc(-c3ccc(-c4cccc(-c5cccc(-c6cccc(-c7ccc(-c8cc(-c9ccccc9)nc(-c9ccccc9)c8)cc7)c6)c5)c4)cc3)c2)cc1. The largest absolute Gasteiger partial charge is 0.248 e. The molecule has 0 bridgehead atoms. The van der Waals surface area contributed by atoms with E-state index in [0.29, 0.717) is 0 Å². The minimum Gasteiger partial charge on any atom is -0.248 e. The van der Waals surface area contributed by atoms with E-state index < -0.39 is 0 Å². The molecule has 66 heavy (non-hydrogen) atoms. The lowest BCUT2D eigenvalue weighted by atomic mass is 9.94. The van der Waals surface area contributed by atoms with E-state index in [-0.39, 0.29) is 0 Å². The molecule has 11 aromatic rings. The Morgan fingerprint density at radius 3 is 0.636 bits per heavy atom. The molecule has 0 aliphatic heterocycles. The summed E-state index contributed by atoms with van der Waals surface area (Å²) in [6, 6.07) is 94.9. The fourth-order valence-electron chi connectivity index (χ4n) is 8.77. The molecule has 2 heterocycles. The monoisotopic (exact) mass is 840 g/mol. The Morgan fingerprint density at radius 1 is 0.136 bits per heavy atom. The van der Waals surface area contributed by atoms with Crippen LogP contribution < -0.4 is 0 Å². The highest BCUT2D eigenvalue weighted by Crippen LogP contribution is 2.36. The highest BCUT2D eigenvalue weighted by atomic mass is 14.7. The molecule has 0 fully saturated rings. The first kappa shape index (κ1) is 40.1. The van der Waals surface area contributed by atoms with E-state index in [4.69, 9.17) is 9.97 Å². The van der Waals surface area contributed by atoms with Gasteiger partial charge >= 0.3 is 0 Å². The van der Waals surface area contributed by atoms with Crippen LogP contribution in [0, 0.1) is 0 Å². The second-order valence-electron chi connectivity index (χ2n) is 16.6. The third-order valence-electron chi connectivity index (χ3n) is 12.3. The smallest absolute Gasteiger partial charge is 0.0715 e. The van der Waals surface area contributed by atoms with Crippen molar-refractivity contribution in [2.24, 2.45) is 0 Å². The van der Waals surface area contributed by atoms with Crippen molar-refractivity contribution < 1.29 is 0 Å². The van der Waals surface area contributed by atoms with E-state index in [1.807, 2.05) is 18.2 Å². The van der Waals surface area contributed by atoms with Gasteiger partial charge in [0, 0.05) is 22.3 Å². The molecule has 2 aromatic heterocycles. The third-order valence-corrected chi connectivity index (χ3v) is 12.3. The number of aromatic nitrogens is 2. The second kappa shape index (κ2) is 18.2. The minimum absolute atomic E-state index is 0.952. The van der Waals surface area contributed by atoms with Crippen LogP contribution in [0.4, 0.5) is 0 Å². The number of nitrogens with zero attached hydrogens (tertiary/aromatic N) is 2. The van der Waals surface area contributed by atoms with Crippen molar-refractivity contribution in [1.29, 1.82) is 0 Å². The number of rotatable bonds is 10. The lowest BCUT2D eigenvalue weighted by Crippen LogP contribution is -1.91. The van der Waals surface area contributed by atoms with Crippen molar-refractivity contribution in [1.82, 2.24) is 9.97 Å². The molecular formula is C64H44N2. The van der Waals surface area contributed by atoms with Gasteiger partial charge in [-0.1, -0.05) is 224 Å². The predicted octanol–water partition coefficient (Wildman–Crippen LogP) is 17.1. The summed E-state index contributed by atoms with van der Waals surface area (Å²) in [4.78, 5) is 10.2. The molecule has 0 radical (unpaired) electrons. The maximum Gasteiger partial charge on any atom is 0.0715 e. The van der Waals surface area contributed by atoms with E-state index in [1.165, 1.54) is 44.5 Å². The van der Waals surface area contributed by atoms with E-state index >= 15 is 0 Å². The summed E-state index contributed by atoms with van der Waals surface area (Å²) in [7, 11) is 0. The Labute approximate surface area is 386 Å². The Hall–Kier alpha value is -8.72. The van der Waals surface area contributed by atoms with Crippen molar-refractivity contribution in [3.8, 4) is 112 Å². The van der Waals surface area contributed by atoms with Crippen molar-refractivity contribution in [3.63, 3.8) is 0 Å². The highest BCUT2D eigenvalue weighted by molar-refractivity contribution is 5.83. The van der Waals surface area contributed by atoms with Gasteiger partial charge in [-0.25, -0.2) is 9.97 Å². The van der Waals surface area contributed by atoms with Gasteiger partial charge in [0.1, 0.15) is 0 Å². The molecule has 0 atom stereocenters. The van der Waals surface area contributed by atoms with Gasteiger partial charge in [-0.15, -0.1) is 0 Å². The van der Waals surface area contributed by atoms with E-state index in [0.717, 1.165) is 67.3 Å². The Morgan fingerprint density at radius 2 is 0.333 bits per heavy atom. The number of pyridine rings is 2. The third kappa shape index (κ3) is 8.64. The molecular weight excluding hydrogens is 797 g/mol. The zero-order valence-electron chi connectivity index (χ0n) is 36.3. The van der Waals surface area contributed by atoms with Crippen LogP contribution in [0.2, 0.25) is 0 Å². The summed E-state index contributed by atoms with van der Waals surface area (Å²) in [6.07, 6.45) is 0. The molecule has 0 aliphatic carbocycles. The first-order valence-corrected chi connectivity index (χ1v) is 22.5. The highest BCUT2D eigenvalue weighted by Gasteiger charge is 2.13. The minimum atomic E-state index is 0.952. The van der Waals surface area contributed by atoms with Crippen molar-refractivity contribution in [3.05, 3.63) is 267 Å². The molecule has 9 aromatic carbocycles. The maximum atomic E-state index is 5.15. The van der Waals surface area contributed by atoms with Crippen molar-refractivity contribution in [2.75, 3.05) is 0 Å². The quantitative estimate of drug-likeness (QED) is 0.137. The van der Waals surface area contributed by atoms with Gasteiger partial charge in [0.05, 0.1) is 22.8 Å². The molecule has 0 saturated carbocycles. The van der Waals surface area contributed by atoms with E-state index in [9.17, 15) is 0 Å². The van der Waals surface area contributed by atoms with Crippen LogP contribution in [0.3, 0.4) is 0 Å². The van der Waals surface area contributed by atoms with Gasteiger partial charge in [0.25, 0.3) is 0 Å². The van der Waals surface area contributed by atoms with Crippen LogP contribution >= 0.6 is 0 Å². The fraction of sp³-hybridized carbons (Fsp3) is 0. The number of hydrogen-bond acceptors (Lipinski definition) is 2. The van der Waals surface area contributed by atoms with Crippen molar-refractivity contribution >= 4 is 0 Å². The number of hydrogen-bond donors (Lipinski definition) is 0. The summed E-state index contributed by atoms with van der Waals surface area (Å²) < 4.78 is 0. The Balaban J connectivity index is 0.845. The zero-order chi connectivity index (χ0) is 44.1. The number of benzene rings is 9. The average Bonchev–Trinajstić information content (AvgIpc) is 3.42. The summed E-state index contributed by atoms with van der Waals surface area (Å²) >= 11 is 0. The summed E-state index contributed by atoms with van der Waals surface area (Å²) in [5.74, 6) is 0. The average molecular weight is 841 g/mol. The van der Waals surface area contributed by atoms with Gasteiger partial charge in [-0.3, -0.25) is 0 Å². The second-order valence-corrected chi connectivity index (χ2v) is 16.6. The molecule has 0 spiro atoms. The molecule has 11 rings (SSSR count). The molecule has 0 unspecified atom stereocenters. The predicted molar refractivity (Wildman–Crippen MR) is 276 cm³/mol. The normalized spacial score (nSPS) is 11.0. The summed E-state index contributed by atoms with van der Waals surface area (Å²) in [6.45, 7) is 0. The summed E-state index contributed by atoms with van der Waals surface area (Å²) in [5, 5.41) is 0. The van der Waals surface area contributed by atoms with Gasteiger partial charge in [-0.05, 0) is 109 Å². The molecule has 0 aliphatic rings. The van der Waals surface area contributed by atoms with Crippen LogP contribution in [0.15, 0.2) is 267 Å². The van der Waals surface area contributed by atoms with Gasteiger partial charge < -0.3 is 0 Å².